The van der Waals surface area contributed by atoms with E-state index >= 15 is 0 Å². The van der Waals surface area contributed by atoms with Crippen molar-refractivity contribution in [3.8, 4) is 0 Å². The SMILES string of the molecule is [CH2]CC(N)CCCCCCCCC=CCCCCCCC. The number of nitrogens with two attached hydrogens (primary N) is 1. The van der Waals surface area contributed by atoms with Crippen molar-refractivity contribution in [1.29, 1.82) is 0 Å². The first-order valence-corrected chi connectivity index (χ1v) is 9.51. The molecule has 0 heterocycles. The average Bonchev–Trinajstić information content (AvgIpc) is 2.50. The van der Waals surface area contributed by atoms with Crippen LogP contribution in [-0.4, -0.2) is 6.04 Å². The molecule has 0 fully saturated rings. The Kier molecular flexibility index (Phi) is 17.5. The first kappa shape index (κ1) is 20.7. The third-order valence-electron chi connectivity index (χ3n) is 4.21. The third kappa shape index (κ3) is 17.6. The van der Waals surface area contributed by atoms with E-state index in [1.54, 1.807) is 0 Å². The molecule has 0 aliphatic heterocycles. The summed E-state index contributed by atoms with van der Waals surface area (Å²) in [5, 5.41) is 0. The zero-order valence-electron chi connectivity index (χ0n) is 14.6. The van der Waals surface area contributed by atoms with Crippen LogP contribution in [-0.2, 0) is 0 Å². The van der Waals surface area contributed by atoms with Crippen LogP contribution in [0.2, 0.25) is 0 Å². The van der Waals surface area contributed by atoms with Crippen LogP contribution in [0.4, 0.5) is 0 Å². The number of unbranched alkanes of at least 4 members (excludes halogenated alkanes) is 11. The highest BCUT2D eigenvalue weighted by Crippen LogP contribution is 2.11. The van der Waals surface area contributed by atoms with Crippen molar-refractivity contribution in [2.24, 2.45) is 5.73 Å². The molecule has 0 aromatic heterocycles. The summed E-state index contributed by atoms with van der Waals surface area (Å²) in [5.74, 6) is 0. The number of hydrogen-bond acceptors (Lipinski definition) is 1. The molecule has 0 saturated heterocycles. The second kappa shape index (κ2) is 17.8. The van der Waals surface area contributed by atoms with Gasteiger partial charge in [0.15, 0.2) is 0 Å². The molecule has 1 unspecified atom stereocenters. The van der Waals surface area contributed by atoms with Crippen LogP contribution < -0.4 is 5.73 Å². The van der Waals surface area contributed by atoms with Gasteiger partial charge in [-0.15, -0.1) is 0 Å². The van der Waals surface area contributed by atoms with Gasteiger partial charge in [-0.1, -0.05) is 83.8 Å². The largest absolute Gasteiger partial charge is 0.328 e. The zero-order chi connectivity index (χ0) is 15.6. The Morgan fingerprint density at radius 1 is 0.762 bits per heavy atom. The van der Waals surface area contributed by atoms with Gasteiger partial charge >= 0.3 is 0 Å². The first-order valence-electron chi connectivity index (χ1n) is 9.51. The molecular weight excluding hydrogens is 254 g/mol. The van der Waals surface area contributed by atoms with E-state index in [0.29, 0.717) is 6.04 Å². The van der Waals surface area contributed by atoms with Gasteiger partial charge < -0.3 is 5.73 Å². The van der Waals surface area contributed by atoms with Crippen molar-refractivity contribution in [2.75, 3.05) is 0 Å². The Balaban J connectivity index is 3.08. The van der Waals surface area contributed by atoms with E-state index < -0.39 is 0 Å². The molecule has 0 aromatic carbocycles. The van der Waals surface area contributed by atoms with Crippen molar-refractivity contribution in [3.05, 3.63) is 19.1 Å². The molecule has 1 atom stereocenters. The minimum absolute atomic E-state index is 0.331. The molecule has 1 radical (unpaired) electrons. The lowest BCUT2D eigenvalue weighted by molar-refractivity contribution is 0.533. The summed E-state index contributed by atoms with van der Waals surface area (Å²) < 4.78 is 0. The fraction of sp³-hybridized carbons (Fsp3) is 0.850. The molecule has 0 saturated carbocycles. The van der Waals surface area contributed by atoms with E-state index in [1.807, 2.05) is 0 Å². The Labute approximate surface area is 134 Å². The summed E-state index contributed by atoms with van der Waals surface area (Å²) in [6.45, 7) is 6.12. The third-order valence-corrected chi connectivity index (χ3v) is 4.21. The van der Waals surface area contributed by atoms with E-state index in [0.717, 1.165) is 12.8 Å². The quantitative estimate of drug-likeness (QED) is 0.253. The molecule has 21 heavy (non-hydrogen) atoms. The summed E-state index contributed by atoms with van der Waals surface area (Å²) in [5.41, 5.74) is 5.86. The summed E-state index contributed by atoms with van der Waals surface area (Å²) >= 11 is 0. The van der Waals surface area contributed by atoms with Gasteiger partial charge in [0, 0.05) is 6.04 Å². The summed E-state index contributed by atoms with van der Waals surface area (Å²) in [6, 6.07) is 0.331. The second-order valence-electron chi connectivity index (χ2n) is 6.42. The highest BCUT2D eigenvalue weighted by atomic mass is 14.6. The number of hydrogen-bond donors (Lipinski definition) is 1. The van der Waals surface area contributed by atoms with Crippen molar-refractivity contribution >= 4 is 0 Å². The molecule has 0 aliphatic carbocycles. The van der Waals surface area contributed by atoms with Gasteiger partial charge in [-0.25, -0.2) is 0 Å². The number of allylic oxidation sites excluding steroid dienone is 2. The minimum Gasteiger partial charge on any atom is -0.328 e. The molecule has 0 rings (SSSR count). The lowest BCUT2D eigenvalue weighted by Crippen LogP contribution is -2.17. The van der Waals surface area contributed by atoms with Crippen LogP contribution in [0.5, 0.6) is 0 Å². The fourth-order valence-electron chi connectivity index (χ4n) is 2.62. The Morgan fingerprint density at radius 3 is 1.76 bits per heavy atom. The molecule has 0 aromatic rings. The van der Waals surface area contributed by atoms with Gasteiger partial charge in [-0.3, -0.25) is 0 Å². The van der Waals surface area contributed by atoms with Crippen LogP contribution in [0.3, 0.4) is 0 Å². The van der Waals surface area contributed by atoms with E-state index in [4.69, 9.17) is 5.73 Å². The summed E-state index contributed by atoms with van der Waals surface area (Å²) in [6.07, 6.45) is 24.5. The molecule has 1 nitrogen and oxygen atoms in total. The highest BCUT2D eigenvalue weighted by molar-refractivity contribution is 4.81. The second-order valence-corrected chi connectivity index (χ2v) is 6.42. The zero-order valence-corrected chi connectivity index (χ0v) is 14.6. The Hall–Kier alpha value is -0.300. The van der Waals surface area contributed by atoms with Gasteiger partial charge in [0.25, 0.3) is 0 Å². The van der Waals surface area contributed by atoms with E-state index in [2.05, 4.69) is 26.0 Å². The molecule has 2 N–H and O–H groups in total. The van der Waals surface area contributed by atoms with Crippen LogP contribution in [0, 0.1) is 6.92 Å². The predicted molar refractivity (Wildman–Crippen MR) is 97.4 cm³/mol. The molecule has 1 heteroatoms. The monoisotopic (exact) mass is 294 g/mol. The van der Waals surface area contributed by atoms with Crippen LogP contribution >= 0.6 is 0 Å². The topological polar surface area (TPSA) is 26.0 Å². The van der Waals surface area contributed by atoms with Crippen molar-refractivity contribution in [1.82, 2.24) is 0 Å². The van der Waals surface area contributed by atoms with Gasteiger partial charge in [0.05, 0.1) is 0 Å². The minimum atomic E-state index is 0.331. The number of rotatable bonds is 16. The molecule has 0 spiro atoms. The molecule has 0 bridgehead atoms. The maximum Gasteiger partial charge on any atom is 0.00388 e. The standard InChI is InChI=1S/C20H40N/c1-3-5-6-7-8-9-10-11-12-13-14-15-16-17-18-19-20(21)4-2/h10-11,20H,2-9,12-19,21H2,1H3. The van der Waals surface area contributed by atoms with Crippen LogP contribution in [0.15, 0.2) is 12.2 Å². The lowest BCUT2D eigenvalue weighted by Gasteiger charge is -2.07. The fourth-order valence-corrected chi connectivity index (χ4v) is 2.62. The summed E-state index contributed by atoms with van der Waals surface area (Å²) in [4.78, 5) is 0. The Morgan fingerprint density at radius 2 is 1.24 bits per heavy atom. The van der Waals surface area contributed by atoms with Gasteiger partial charge in [0.1, 0.15) is 0 Å². The van der Waals surface area contributed by atoms with E-state index in [1.165, 1.54) is 83.5 Å². The van der Waals surface area contributed by atoms with Gasteiger partial charge in [-0.2, -0.15) is 0 Å². The molecule has 0 aliphatic rings. The van der Waals surface area contributed by atoms with E-state index in [9.17, 15) is 0 Å². The Bertz CT molecular complexity index is 210. The van der Waals surface area contributed by atoms with Gasteiger partial charge in [-0.05, 0) is 38.5 Å². The average molecular weight is 295 g/mol. The first-order chi connectivity index (χ1) is 10.3. The molecule has 125 valence electrons. The smallest absolute Gasteiger partial charge is 0.00388 e. The molecular formula is C20H40N. The maximum absolute atomic E-state index is 5.86. The molecule has 0 amide bonds. The van der Waals surface area contributed by atoms with Crippen molar-refractivity contribution < 1.29 is 0 Å². The summed E-state index contributed by atoms with van der Waals surface area (Å²) in [7, 11) is 0. The van der Waals surface area contributed by atoms with E-state index in [-0.39, 0.29) is 0 Å². The highest BCUT2D eigenvalue weighted by Gasteiger charge is 1.98. The van der Waals surface area contributed by atoms with Gasteiger partial charge in [0.2, 0.25) is 0 Å². The van der Waals surface area contributed by atoms with Crippen LogP contribution in [0.1, 0.15) is 103 Å². The maximum atomic E-state index is 5.86. The lowest BCUT2D eigenvalue weighted by atomic mass is 10.0. The van der Waals surface area contributed by atoms with Crippen molar-refractivity contribution in [2.45, 2.75) is 109 Å². The van der Waals surface area contributed by atoms with Crippen LogP contribution in [0.25, 0.3) is 0 Å². The normalized spacial score (nSPS) is 13.1. The van der Waals surface area contributed by atoms with Crippen molar-refractivity contribution in [3.63, 3.8) is 0 Å². The predicted octanol–water partition coefficient (Wildman–Crippen LogP) is 6.58.